The van der Waals surface area contributed by atoms with E-state index in [1.165, 1.54) is 0 Å². The van der Waals surface area contributed by atoms with Crippen LogP contribution in [0.3, 0.4) is 0 Å². The van der Waals surface area contributed by atoms with E-state index in [1.807, 2.05) is 18.2 Å². The van der Waals surface area contributed by atoms with Crippen LogP contribution in [0.2, 0.25) is 0 Å². The summed E-state index contributed by atoms with van der Waals surface area (Å²) in [5.74, 6) is 0.187. The zero-order valence-corrected chi connectivity index (χ0v) is 12.2. The van der Waals surface area contributed by atoms with Crippen LogP contribution in [0.15, 0.2) is 41.5 Å². The molecule has 20 heavy (non-hydrogen) atoms. The molecule has 4 nitrogen and oxygen atoms in total. The van der Waals surface area contributed by atoms with Gasteiger partial charge in [-0.1, -0.05) is 18.2 Å². The second-order valence-corrected chi connectivity index (χ2v) is 7.45. The Morgan fingerprint density at radius 1 is 1.30 bits per heavy atom. The van der Waals surface area contributed by atoms with Gasteiger partial charge in [-0.25, -0.2) is 8.42 Å². The zero-order chi connectivity index (χ0) is 14.0. The van der Waals surface area contributed by atoms with Crippen molar-refractivity contribution >= 4 is 9.84 Å². The Morgan fingerprint density at radius 2 is 2.15 bits per heavy atom. The maximum atomic E-state index is 12.3. The van der Waals surface area contributed by atoms with Gasteiger partial charge in [-0.3, -0.25) is 4.90 Å². The van der Waals surface area contributed by atoms with E-state index >= 15 is 0 Å². The molecule has 3 rings (SSSR count). The molecule has 0 fully saturated rings. The van der Waals surface area contributed by atoms with E-state index in [0.717, 1.165) is 24.9 Å². The van der Waals surface area contributed by atoms with Gasteiger partial charge in [-0.15, -0.1) is 0 Å². The van der Waals surface area contributed by atoms with Crippen LogP contribution in [0, 0.1) is 0 Å². The lowest BCUT2D eigenvalue weighted by atomic mass is 10.1. The van der Waals surface area contributed by atoms with Gasteiger partial charge in [0.25, 0.3) is 0 Å². The summed E-state index contributed by atoms with van der Waals surface area (Å²) in [5, 5.41) is 0. The molecule has 2 aliphatic heterocycles. The summed E-state index contributed by atoms with van der Waals surface area (Å²) in [5.41, 5.74) is 0.899. The summed E-state index contributed by atoms with van der Waals surface area (Å²) >= 11 is 0. The Hall–Kier alpha value is -1.33. The van der Waals surface area contributed by atoms with Crippen molar-refractivity contribution in [2.75, 3.05) is 18.8 Å². The van der Waals surface area contributed by atoms with Crippen LogP contribution < -0.4 is 0 Å². The van der Waals surface area contributed by atoms with Crippen molar-refractivity contribution in [2.24, 2.45) is 0 Å². The molecule has 108 valence electrons. The van der Waals surface area contributed by atoms with E-state index in [1.54, 1.807) is 18.4 Å². The van der Waals surface area contributed by atoms with Gasteiger partial charge >= 0.3 is 0 Å². The molecule has 1 aromatic rings. The van der Waals surface area contributed by atoms with Crippen molar-refractivity contribution in [3.8, 4) is 0 Å². The average molecular weight is 293 g/mol. The van der Waals surface area contributed by atoms with Crippen LogP contribution in [-0.4, -0.2) is 38.3 Å². The third-order valence-corrected chi connectivity index (χ3v) is 5.65. The lowest BCUT2D eigenvalue weighted by Gasteiger charge is -2.27. The summed E-state index contributed by atoms with van der Waals surface area (Å²) in [4.78, 5) is 2.68. The first-order valence-electron chi connectivity index (χ1n) is 6.99. The minimum atomic E-state index is -3.15. The topological polar surface area (TPSA) is 46.6 Å². The number of allylic oxidation sites excluding steroid dienone is 1. The van der Waals surface area contributed by atoms with Crippen LogP contribution in [0.25, 0.3) is 0 Å². The van der Waals surface area contributed by atoms with Gasteiger partial charge in [0.1, 0.15) is 6.10 Å². The van der Waals surface area contributed by atoms with Crippen LogP contribution in [0.5, 0.6) is 0 Å². The van der Waals surface area contributed by atoms with E-state index in [4.69, 9.17) is 4.74 Å². The van der Waals surface area contributed by atoms with Crippen molar-refractivity contribution in [3.63, 3.8) is 0 Å². The summed E-state index contributed by atoms with van der Waals surface area (Å²) in [6.45, 7) is 2.04. The van der Waals surface area contributed by atoms with Crippen LogP contribution in [-0.2, 0) is 21.1 Å². The highest BCUT2D eigenvalue weighted by Gasteiger charge is 2.26. The van der Waals surface area contributed by atoms with Gasteiger partial charge in [-0.05, 0) is 30.5 Å². The second kappa shape index (κ2) is 5.58. The first kappa shape index (κ1) is 13.6. The Balaban J connectivity index is 1.79. The standard InChI is InChI=1S/C15H19NO3S/c17-20(18)10-8-16(12-14-6-3-4-9-19-14)11-13-5-1-2-7-15(13)20/h1-2,4-5,7,9,14H,3,6,8,10-12H2/t14-/m1/s1. The molecule has 0 saturated carbocycles. The fraction of sp³-hybridized carbons (Fsp3) is 0.467. The highest BCUT2D eigenvalue weighted by atomic mass is 32.2. The number of ether oxygens (including phenoxy) is 1. The van der Waals surface area contributed by atoms with Gasteiger partial charge < -0.3 is 4.74 Å². The van der Waals surface area contributed by atoms with Crippen molar-refractivity contribution in [1.29, 1.82) is 0 Å². The molecule has 0 radical (unpaired) electrons. The highest BCUT2D eigenvalue weighted by molar-refractivity contribution is 7.91. The maximum absolute atomic E-state index is 12.3. The maximum Gasteiger partial charge on any atom is 0.179 e. The van der Waals surface area contributed by atoms with Crippen molar-refractivity contribution in [1.82, 2.24) is 4.90 Å². The monoisotopic (exact) mass is 293 g/mol. The highest BCUT2D eigenvalue weighted by Crippen LogP contribution is 2.23. The largest absolute Gasteiger partial charge is 0.497 e. The minimum Gasteiger partial charge on any atom is -0.497 e. The lowest BCUT2D eigenvalue weighted by Crippen LogP contribution is -2.35. The summed E-state index contributed by atoms with van der Waals surface area (Å²) in [6, 6.07) is 7.32. The summed E-state index contributed by atoms with van der Waals surface area (Å²) < 4.78 is 30.1. The quantitative estimate of drug-likeness (QED) is 0.836. The van der Waals surface area contributed by atoms with Crippen LogP contribution in [0.1, 0.15) is 18.4 Å². The molecular weight excluding hydrogens is 274 g/mol. The molecule has 0 amide bonds. The molecular formula is C15H19NO3S. The molecule has 0 N–H and O–H groups in total. The van der Waals surface area contributed by atoms with Gasteiger partial charge in [-0.2, -0.15) is 0 Å². The normalized spacial score (nSPS) is 25.5. The first-order chi connectivity index (χ1) is 9.65. The van der Waals surface area contributed by atoms with Gasteiger partial charge in [0.15, 0.2) is 9.84 Å². The molecule has 5 heteroatoms. The Kier molecular flexibility index (Phi) is 3.81. The molecule has 2 aliphatic rings. The lowest BCUT2D eigenvalue weighted by molar-refractivity contribution is 0.0785. The molecule has 0 aliphatic carbocycles. The minimum absolute atomic E-state index is 0.174. The summed E-state index contributed by atoms with van der Waals surface area (Å²) in [7, 11) is -3.15. The third kappa shape index (κ3) is 2.88. The molecule has 0 unspecified atom stereocenters. The van der Waals surface area contributed by atoms with Gasteiger partial charge in [0, 0.05) is 19.6 Å². The van der Waals surface area contributed by atoms with Crippen molar-refractivity contribution < 1.29 is 13.2 Å². The SMILES string of the molecule is O=S1(=O)CCN(C[C@H]2CCC=CO2)Cc2ccccc21. The third-order valence-electron chi connectivity index (χ3n) is 3.86. The molecule has 1 atom stereocenters. The van der Waals surface area contributed by atoms with Crippen molar-refractivity contribution in [3.05, 3.63) is 42.2 Å². The number of sulfone groups is 1. The summed E-state index contributed by atoms with van der Waals surface area (Å²) in [6.07, 6.45) is 6.00. The molecule has 1 aromatic carbocycles. The van der Waals surface area contributed by atoms with Crippen molar-refractivity contribution in [2.45, 2.75) is 30.4 Å². The van der Waals surface area contributed by atoms with E-state index in [2.05, 4.69) is 4.90 Å². The number of benzene rings is 1. The Bertz CT molecular complexity index is 609. The Labute approximate surface area is 120 Å². The van der Waals surface area contributed by atoms with E-state index < -0.39 is 9.84 Å². The molecule has 0 saturated heterocycles. The van der Waals surface area contributed by atoms with Gasteiger partial charge in [0.05, 0.1) is 16.9 Å². The first-order valence-corrected chi connectivity index (χ1v) is 8.64. The van der Waals surface area contributed by atoms with E-state index in [9.17, 15) is 8.42 Å². The average Bonchev–Trinajstić information content (AvgIpc) is 2.58. The molecule has 0 aromatic heterocycles. The number of rotatable bonds is 2. The molecule has 0 bridgehead atoms. The molecule has 0 spiro atoms. The fourth-order valence-corrected chi connectivity index (χ4v) is 4.32. The number of hydrogen-bond donors (Lipinski definition) is 0. The number of nitrogens with zero attached hydrogens (tertiary/aromatic N) is 1. The molecule has 2 heterocycles. The number of hydrogen-bond acceptors (Lipinski definition) is 4. The van der Waals surface area contributed by atoms with E-state index in [0.29, 0.717) is 18.0 Å². The second-order valence-electron chi connectivity index (χ2n) is 5.37. The van der Waals surface area contributed by atoms with Crippen LogP contribution >= 0.6 is 0 Å². The number of fused-ring (bicyclic) bond motifs is 1. The predicted molar refractivity (Wildman–Crippen MR) is 77.0 cm³/mol. The van der Waals surface area contributed by atoms with E-state index in [-0.39, 0.29) is 11.9 Å². The fourth-order valence-electron chi connectivity index (χ4n) is 2.78. The van der Waals surface area contributed by atoms with Gasteiger partial charge in [0.2, 0.25) is 0 Å². The van der Waals surface area contributed by atoms with Crippen LogP contribution in [0.4, 0.5) is 0 Å². The zero-order valence-electron chi connectivity index (χ0n) is 11.4. The Morgan fingerprint density at radius 3 is 2.95 bits per heavy atom. The smallest absolute Gasteiger partial charge is 0.179 e. The predicted octanol–water partition coefficient (Wildman–Crippen LogP) is 1.97.